The summed E-state index contributed by atoms with van der Waals surface area (Å²) in [5.74, 6) is 1.84. The average Bonchev–Trinajstić information content (AvgIpc) is 3.33. The average molecular weight is 575 g/mol. The summed E-state index contributed by atoms with van der Waals surface area (Å²) < 4.78 is 12.2. The van der Waals surface area contributed by atoms with Gasteiger partial charge in [0.2, 0.25) is 5.91 Å². The minimum absolute atomic E-state index is 0. The maximum Gasteiger partial charge on any atom is 0.227 e. The summed E-state index contributed by atoms with van der Waals surface area (Å²) in [5.41, 5.74) is 1.91. The third-order valence-electron chi connectivity index (χ3n) is 6.31. The van der Waals surface area contributed by atoms with Crippen molar-refractivity contribution in [3.05, 3.63) is 29.8 Å². The zero-order valence-electron chi connectivity index (χ0n) is 19.4. The lowest BCUT2D eigenvalue weighted by molar-refractivity contribution is -0.119. The monoisotopic (exact) mass is 574 g/mol. The molecule has 2 aliphatic carbocycles. The molecule has 3 atom stereocenters. The van der Waals surface area contributed by atoms with Gasteiger partial charge in [-0.15, -0.1) is 24.0 Å². The first-order chi connectivity index (χ1) is 15.1. The molecule has 2 aliphatic rings. The molecule has 2 fully saturated rings. The molecule has 3 unspecified atom stereocenters. The minimum Gasteiger partial charge on any atom is -0.357 e. The molecule has 2 saturated carbocycles. The maximum atomic E-state index is 12.4. The summed E-state index contributed by atoms with van der Waals surface area (Å²) in [7, 11) is -0.730. The van der Waals surface area contributed by atoms with E-state index in [-0.39, 0.29) is 35.8 Å². The number of guanidine groups is 1. The third kappa shape index (κ3) is 8.32. The zero-order valence-corrected chi connectivity index (χ0v) is 22.5. The highest BCUT2D eigenvalue weighted by molar-refractivity contribution is 14.0. The molecule has 8 heteroatoms. The molecule has 0 aromatic heterocycles. The van der Waals surface area contributed by atoms with E-state index in [2.05, 4.69) is 22.9 Å². The number of hydrogen-bond donors (Lipinski definition) is 3. The molecule has 1 aromatic carbocycles. The van der Waals surface area contributed by atoms with Crippen LogP contribution in [-0.2, 0) is 22.1 Å². The number of anilines is 1. The predicted molar refractivity (Wildman–Crippen MR) is 145 cm³/mol. The van der Waals surface area contributed by atoms with E-state index in [4.69, 9.17) is 4.99 Å². The van der Waals surface area contributed by atoms with Crippen LogP contribution in [0.1, 0.15) is 70.8 Å². The van der Waals surface area contributed by atoms with Crippen LogP contribution in [0.3, 0.4) is 0 Å². The highest BCUT2D eigenvalue weighted by Crippen LogP contribution is 2.26. The molecular formula is C24H39IN4O2S. The van der Waals surface area contributed by atoms with Crippen molar-refractivity contribution in [3.63, 3.8) is 0 Å². The van der Waals surface area contributed by atoms with Gasteiger partial charge in [0, 0.05) is 46.0 Å². The maximum absolute atomic E-state index is 12.4. The Morgan fingerprint density at radius 1 is 1.12 bits per heavy atom. The number of amides is 1. The Morgan fingerprint density at radius 2 is 1.91 bits per heavy atom. The summed E-state index contributed by atoms with van der Waals surface area (Å²) in [6.07, 6.45) is 8.51. The Labute approximate surface area is 212 Å². The molecule has 3 N–H and O–H groups in total. The Balaban J connectivity index is 0.00000363. The number of nitrogens with one attached hydrogen (secondary N) is 3. The number of hydrogen-bond acceptors (Lipinski definition) is 3. The van der Waals surface area contributed by atoms with Crippen molar-refractivity contribution >= 4 is 52.3 Å². The van der Waals surface area contributed by atoms with E-state index < -0.39 is 10.8 Å². The molecular weight excluding hydrogens is 535 g/mol. The molecule has 3 rings (SSSR count). The highest BCUT2D eigenvalue weighted by Gasteiger charge is 2.26. The molecule has 6 nitrogen and oxygen atoms in total. The number of carbonyl (C=O) groups is 1. The smallest absolute Gasteiger partial charge is 0.227 e. The summed E-state index contributed by atoms with van der Waals surface area (Å²) in [4.78, 5) is 17.2. The van der Waals surface area contributed by atoms with E-state index in [9.17, 15) is 9.00 Å². The van der Waals surface area contributed by atoms with Crippen LogP contribution in [-0.4, -0.2) is 39.7 Å². The lowest BCUT2D eigenvalue weighted by Gasteiger charge is -2.30. The SMILES string of the molecule is CCNC(=NCc1cccc(NC(=O)C2CCCC2)c1)NC1CCCC(S(=O)CC)C1.I. The topological polar surface area (TPSA) is 82.6 Å². The molecule has 0 spiro atoms. The van der Waals surface area contributed by atoms with Crippen LogP contribution in [0, 0.1) is 5.92 Å². The van der Waals surface area contributed by atoms with Crippen LogP contribution in [0.4, 0.5) is 5.69 Å². The van der Waals surface area contributed by atoms with Gasteiger partial charge in [0.1, 0.15) is 0 Å². The predicted octanol–water partition coefficient (Wildman–Crippen LogP) is 4.57. The molecule has 32 heavy (non-hydrogen) atoms. The van der Waals surface area contributed by atoms with Crippen molar-refractivity contribution in [2.45, 2.75) is 83.1 Å². The highest BCUT2D eigenvalue weighted by atomic mass is 127. The number of aliphatic imine (C=N–C) groups is 1. The molecule has 180 valence electrons. The van der Waals surface area contributed by atoms with Crippen molar-refractivity contribution in [2.75, 3.05) is 17.6 Å². The van der Waals surface area contributed by atoms with E-state index in [0.717, 1.165) is 80.9 Å². The van der Waals surface area contributed by atoms with Gasteiger partial charge in [0.05, 0.1) is 6.54 Å². The number of rotatable bonds is 8. The number of nitrogens with zero attached hydrogens (tertiary/aromatic N) is 1. The van der Waals surface area contributed by atoms with Gasteiger partial charge in [-0.25, -0.2) is 4.99 Å². The molecule has 1 aromatic rings. The summed E-state index contributed by atoms with van der Waals surface area (Å²) in [6, 6.07) is 8.28. The van der Waals surface area contributed by atoms with Gasteiger partial charge in [0.25, 0.3) is 0 Å². The van der Waals surface area contributed by atoms with Gasteiger partial charge >= 0.3 is 0 Å². The summed E-state index contributed by atoms with van der Waals surface area (Å²) in [5, 5.41) is 10.3. The van der Waals surface area contributed by atoms with Crippen molar-refractivity contribution in [1.82, 2.24) is 10.6 Å². The Kier molecular flexibility index (Phi) is 12.0. The van der Waals surface area contributed by atoms with Crippen LogP contribution in [0.5, 0.6) is 0 Å². The lowest BCUT2D eigenvalue weighted by atomic mass is 9.95. The lowest BCUT2D eigenvalue weighted by Crippen LogP contribution is -2.46. The minimum atomic E-state index is -0.730. The van der Waals surface area contributed by atoms with Gasteiger partial charge in [0.15, 0.2) is 5.96 Å². The fraction of sp³-hybridized carbons (Fsp3) is 0.667. The normalized spacial score (nSPS) is 22.6. The Morgan fingerprint density at radius 3 is 2.62 bits per heavy atom. The van der Waals surface area contributed by atoms with Gasteiger partial charge in [-0.05, 0) is 56.7 Å². The Bertz CT molecular complexity index is 783. The zero-order chi connectivity index (χ0) is 22.1. The molecule has 0 bridgehead atoms. The standard InChI is InChI=1S/C24H38N4O2S.HI/c1-3-25-24(28-21-13-8-14-22(16-21)31(30)4-2)26-17-18-9-7-12-20(15-18)27-23(29)19-10-5-6-11-19;/h7,9,12,15,19,21-22H,3-6,8,10-11,13-14,16-17H2,1-2H3,(H,27,29)(H2,25,26,28);1H. The van der Waals surface area contributed by atoms with Crippen LogP contribution >= 0.6 is 24.0 Å². The van der Waals surface area contributed by atoms with Crippen LogP contribution < -0.4 is 16.0 Å². The van der Waals surface area contributed by atoms with E-state index in [0.29, 0.717) is 17.8 Å². The number of carbonyl (C=O) groups excluding carboxylic acids is 1. The van der Waals surface area contributed by atoms with E-state index >= 15 is 0 Å². The second kappa shape index (κ2) is 14.2. The molecule has 0 saturated heterocycles. The van der Waals surface area contributed by atoms with E-state index in [1.165, 1.54) is 0 Å². The Hall–Kier alpha value is -1.16. The van der Waals surface area contributed by atoms with E-state index in [1.807, 2.05) is 31.2 Å². The second-order valence-corrected chi connectivity index (χ2v) is 10.7. The van der Waals surface area contributed by atoms with Crippen LogP contribution in [0.2, 0.25) is 0 Å². The van der Waals surface area contributed by atoms with Crippen molar-refractivity contribution in [1.29, 1.82) is 0 Å². The molecule has 0 radical (unpaired) electrons. The van der Waals surface area contributed by atoms with Gasteiger partial charge in [-0.3, -0.25) is 9.00 Å². The molecule has 1 amide bonds. The van der Waals surface area contributed by atoms with Crippen LogP contribution in [0.25, 0.3) is 0 Å². The van der Waals surface area contributed by atoms with Crippen molar-refractivity contribution in [2.24, 2.45) is 10.9 Å². The fourth-order valence-corrected chi connectivity index (χ4v) is 5.96. The number of benzene rings is 1. The van der Waals surface area contributed by atoms with Gasteiger partial charge in [-0.2, -0.15) is 0 Å². The first-order valence-corrected chi connectivity index (χ1v) is 13.3. The van der Waals surface area contributed by atoms with Gasteiger partial charge in [-0.1, -0.05) is 38.3 Å². The van der Waals surface area contributed by atoms with Crippen molar-refractivity contribution < 1.29 is 9.00 Å². The second-order valence-electron chi connectivity index (χ2n) is 8.67. The van der Waals surface area contributed by atoms with E-state index in [1.54, 1.807) is 0 Å². The molecule has 0 aliphatic heterocycles. The largest absolute Gasteiger partial charge is 0.357 e. The summed E-state index contributed by atoms with van der Waals surface area (Å²) >= 11 is 0. The fourth-order valence-electron chi connectivity index (χ4n) is 4.61. The first-order valence-electron chi connectivity index (χ1n) is 11.9. The third-order valence-corrected chi connectivity index (χ3v) is 8.05. The summed E-state index contributed by atoms with van der Waals surface area (Å²) in [6.45, 7) is 5.40. The van der Waals surface area contributed by atoms with Crippen molar-refractivity contribution in [3.8, 4) is 0 Å². The first kappa shape index (κ1) is 27.1. The molecule has 0 heterocycles. The number of halogens is 1. The quantitative estimate of drug-likeness (QED) is 0.242. The van der Waals surface area contributed by atoms with Crippen LogP contribution in [0.15, 0.2) is 29.3 Å². The van der Waals surface area contributed by atoms with Gasteiger partial charge < -0.3 is 16.0 Å².